The standard InChI is InChI=1S/C30H31NO3/c32-30(33)24-12-13-29-28(20-24)27(26-10-5-4-9-25(26)21-34-29)11-6-16-31-17-14-23(15-18-31)19-22-7-2-1-3-8-22/h1-5,7-13,20,23H,6,14-19,21H2,(H,32,33)/b27-11+. The lowest BCUT2D eigenvalue weighted by molar-refractivity contribution is 0.0697. The molecule has 0 radical (unpaired) electrons. The third-order valence-electron chi connectivity index (χ3n) is 7.08. The van der Waals surface area contributed by atoms with Gasteiger partial charge in [0.25, 0.3) is 0 Å². The number of hydrogen-bond acceptors (Lipinski definition) is 3. The quantitative estimate of drug-likeness (QED) is 0.493. The molecule has 0 saturated carbocycles. The van der Waals surface area contributed by atoms with Crippen LogP contribution in [0, 0.1) is 5.92 Å². The fourth-order valence-corrected chi connectivity index (χ4v) is 5.18. The summed E-state index contributed by atoms with van der Waals surface area (Å²) in [6.45, 7) is 3.78. The van der Waals surface area contributed by atoms with Crippen molar-refractivity contribution in [2.75, 3.05) is 19.6 Å². The van der Waals surface area contributed by atoms with Gasteiger partial charge in [0.15, 0.2) is 0 Å². The highest BCUT2D eigenvalue weighted by molar-refractivity contribution is 5.92. The molecule has 0 atom stereocenters. The van der Waals surface area contributed by atoms with Gasteiger partial charge in [-0.25, -0.2) is 4.79 Å². The molecular formula is C30H31NO3. The molecule has 0 unspecified atom stereocenters. The van der Waals surface area contributed by atoms with Crippen molar-refractivity contribution in [1.82, 2.24) is 4.90 Å². The van der Waals surface area contributed by atoms with Crippen molar-refractivity contribution in [2.24, 2.45) is 5.92 Å². The molecule has 34 heavy (non-hydrogen) atoms. The van der Waals surface area contributed by atoms with Gasteiger partial charge >= 0.3 is 5.97 Å². The first-order valence-corrected chi connectivity index (χ1v) is 12.2. The van der Waals surface area contributed by atoms with E-state index in [-0.39, 0.29) is 5.56 Å². The van der Waals surface area contributed by atoms with Crippen molar-refractivity contribution in [3.63, 3.8) is 0 Å². The fraction of sp³-hybridized carbons (Fsp3) is 0.300. The molecule has 4 heteroatoms. The van der Waals surface area contributed by atoms with Gasteiger partial charge in [0, 0.05) is 12.1 Å². The van der Waals surface area contributed by atoms with Crippen LogP contribution in [0.4, 0.5) is 0 Å². The minimum Gasteiger partial charge on any atom is -0.488 e. The maximum absolute atomic E-state index is 11.6. The van der Waals surface area contributed by atoms with Gasteiger partial charge in [-0.2, -0.15) is 0 Å². The molecule has 0 amide bonds. The lowest BCUT2D eigenvalue weighted by Gasteiger charge is -2.31. The van der Waals surface area contributed by atoms with Crippen LogP contribution in [-0.2, 0) is 13.0 Å². The Balaban J connectivity index is 1.29. The zero-order valence-electron chi connectivity index (χ0n) is 19.5. The molecule has 0 bridgehead atoms. The van der Waals surface area contributed by atoms with E-state index in [1.54, 1.807) is 18.2 Å². The van der Waals surface area contributed by atoms with E-state index >= 15 is 0 Å². The van der Waals surface area contributed by atoms with E-state index in [4.69, 9.17) is 4.74 Å². The van der Waals surface area contributed by atoms with Crippen LogP contribution in [0.25, 0.3) is 5.57 Å². The largest absolute Gasteiger partial charge is 0.488 e. The molecule has 2 heterocycles. The molecule has 0 aliphatic carbocycles. The van der Waals surface area contributed by atoms with Gasteiger partial charge in [-0.1, -0.05) is 60.7 Å². The third-order valence-corrected chi connectivity index (χ3v) is 7.08. The Bertz CT molecular complexity index is 1180. The van der Waals surface area contributed by atoms with Crippen LogP contribution in [0.15, 0.2) is 78.9 Å². The second-order valence-electron chi connectivity index (χ2n) is 9.34. The summed E-state index contributed by atoms with van der Waals surface area (Å²) in [7, 11) is 0. The van der Waals surface area contributed by atoms with Crippen LogP contribution >= 0.6 is 0 Å². The Kier molecular flexibility index (Phi) is 6.77. The number of fused-ring (bicyclic) bond motifs is 2. The van der Waals surface area contributed by atoms with Crippen LogP contribution < -0.4 is 4.74 Å². The monoisotopic (exact) mass is 453 g/mol. The minimum absolute atomic E-state index is 0.285. The predicted molar refractivity (Wildman–Crippen MR) is 135 cm³/mol. The number of piperidine rings is 1. The molecule has 1 saturated heterocycles. The number of carbonyl (C=O) groups is 1. The SMILES string of the molecule is O=C(O)c1ccc2c(c1)/C(=C/CCN1CCC(Cc3ccccc3)CC1)c1ccccc1CO2. The molecule has 0 aromatic heterocycles. The first kappa shape index (κ1) is 22.4. The molecule has 174 valence electrons. The van der Waals surface area contributed by atoms with Crippen molar-refractivity contribution in [3.8, 4) is 5.75 Å². The summed E-state index contributed by atoms with van der Waals surface area (Å²) < 4.78 is 6.05. The van der Waals surface area contributed by atoms with Crippen molar-refractivity contribution >= 4 is 11.5 Å². The maximum atomic E-state index is 11.6. The van der Waals surface area contributed by atoms with E-state index in [2.05, 4.69) is 53.4 Å². The molecule has 0 spiro atoms. The van der Waals surface area contributed by atoms with Gasteiger partial charge in [0.2, 0.25) is 0 Å². The zero-order valence-corrected chi connectivity index (χ0v) is 19.5. The predicted octanol–water partition coefficient (Wildman–Crippen LogP) is 6.05. The summed E-state index contributed by atoms with van der Waals surface area (Å²) in [5.41, 5.74) is 5.93. The third kappa shape index (κ3) is 5.07. The van der Waals surface area contributed by atoms with Crippen LogP contribution in [0.1, 0.15) is 51.9 Å². The fourth-order valence-electron chi connectivity index (χ4n) is 5.18. The van der Waals surface area contributed by atoms with Crippen molar-refractivity contribution in [1.29, 1.82) is 0 Å². The van der Waals surface area contributed by atoms with Gasteiger partial charge in [-0.15, -0.1) is 0 Å². The van der Waals surface area contributed by atoms with E-state index in [0.29, 0.717) is 6.61 Å². The molecule has 1 N–H and O–H groups in total. The lowest BCUT2D eigenvalue weighted by atomic mass is 9.90. The number of likely N-dealkylation sites (tertiary alicyclic amines) is 1. The average molecular weight is 454 g/mol. The van der Waals surface area contributed by atoms with Crippen LogP contribution in [0.5, 0.6) is 5.75 Å². The van der Waals surface area contributed by atoms with E-state index in [0.717, 1.165) is 60.0 Å². The highest BCUT2D eigenvalue weighted by atomic mass is 16.5. The number of carboxylic acids is 1. The molecule has 1 fully saturated rings. The van der Waals surface area contributed by atoms with E-state index < -0.39 is 5.97 Å². The topological polar surface area (TPSA) is 49.8 Å². The number of hydrogen-bond donors (Lipinski definition) is 1. The molecule has 2 aliphatic rings. The van der Waals surface area contributed by atoms with Crippen molar-refractivity contribution in [2.45, 2.75) is 32.3 Å². The van der Waals surface area contributed by atoms with Crippen molar-refractivity contribution in [3.05, 3.63) is 107 Å². The first-order valence-electron chi connectivity index (χ1n) is 12.2. The van der Waals surface area contributed by atoms with E-state index in [9.17, 15) is 9.90 Å². The number of ether oxygens (including phenoxy) is 1. The number of nitrogens with zero attached hydrogens (tertiary/aromatic N) is 1. The Morgan fingerprint density at radius 3 is 2.53 bits per heavy atom. The van der Waals surface area contributed by atoms with Crippen molar-refractivity contribution < 1.29 is 14.6 Å². The number of carboxylic acid groups (broad SMARTS) is 1. The van der Waals surface area contributed by atoms with Crippen LogP contribution in [0.2, 0.25) is 0 Å². The summed E-state index contributed by atoms with van der Waals surface area (Å²) in [6, 6.07) is 24.2. The smallest absolute Gasteiger partial charge is 0.335 e. The molecule has 5 rings (SSSR count). The Morgan fingerprint density at radius 2 is 1.74 bits per heavy atom. The summed E-state index contributed by atoms with van der Waals surface area (Å²) in [4.78, 5) is 14.2. The zero-order chi connectivity index (χ0) is 23.3. The van der Waals surface area contributed by atoms with Crippen LogP contribution in [-0.4, -0.2) is 35.6 Å². The summed E-state index contributed by atoms with van der Waals surface area (Å²) in [5, 5.41) is 9.53. The van der Waals surface area contributed by atoms with Gasteiger partial charge in [-0.05, 0) is 85.2 Å². The highest BCUT2D eigenvalue weighted by Crippen LogP contribution is 2.37. The average Bonchev–Trinajstić information content (AvgIpc) is 3.02. The number of aromatic carboxylic acids is 1. The number of benzene rings is 3. The normalized spacial score (nSPS) is 17.5. The summed E-state index contributed by atoms with van der Waals surface area (Å²) in [6.07, 6.45) is 6.86. The Hall–Kier alpha value is -3.37. The summed E-state index contributed by atoms with van der Waals surface area (Å²) in [5.74, 6) is 0.594. The molecule has 3 aromatic rings. The lowest BCUT2D eigenvalue weighted by Crippen LogP contribution is -2.34. The van der Waals surface area contributed by atoms with E-state index in [1.807, 2.05) is 12.1 Å². The van der Waals surface area contributed by atoms with Crippen LogP contribution in [0.3, 0.4) is 0 Å². The molecule has 3 aromatic carbocycles. The summed E-state index contributed by atoms with van der Waals surface area (Å²) >= 11 is 0. The van der Waals surface area contributed by atoms with Gasteiger partial charge in [-0.3, -0.25) is 0 Å². The maximum Gasteiger partial charge on any atom is 0.335 e. The molecule has 2 aliphatic heterocycles. The van der Waals surface area contributed by atoms with Gasteiger partial charge in [0.1, 0.15) is 12.4 Å². The molecular weight excluding hydrogens is 422 g/mol. The Labute approximate surface area is 201 Å². The first-order chi connectivity index (χ1) is 16.7. The number of rotatable bonds is 6. The highest BCUT2D eigenvalue weighted by Gasteiger charge is 2.22. The second kappa shape index (κ2) is 10.3. The van der Waals surface area contributed by atoms with Gasteiger partial charge < -0.3 is 14.7 Å². The van der Waals surface area contributed by atoms with E-state index in [1.165, 1.54) is 24.8 Å². The Morgan fingerprint density at radius 1 is 0.971 bits per heavy atom. The molecule has 4 nitrogen and oxygen atoms in total. The second-order valence-corrected chi connectivity index (χ2v) is 9.34. The van der Waals surface area contributed by atoms with Gasteiger partial charge in [0.05, 0.1) is 5.56 Å². The minimum atomic E-state index is -0.918.